The van der Waals surface area contributed by atoms with Crippen LogP contribution < -0.4 is 0 Å². The molecular weight excluding hydrogens is 314 g/mol. The van der Waals surface area contributed by atoms with Crippen LogP contribution in [0.4, 0.5) is 0 Å². The number of hydrogen-bond donors (Lipinski definition) is 1. The van der Waals surface area contributed by atoms with E-state index in [-0.39, 0.29) is 5.91 Å². The molecule has 0 spiro atoms. The van der Waals surface area contributed by atoms with Crippen LogP contribution in [0.1, 0.15) is 36.0 Å². The third-order valence-corrected chi connectivity index (χ3v) is 4.55. The summed E-state index contributed by atoms with van der Waals surface area (Å²) in [5, 5.41) is 15.3. The molecule has 2 aromatic rings. The smallest absolute Gasteiger partial charge is 0.256 e. The van der Waals surface area contributed by atoms with Crippen molar-refractivity contribution >= 4 is 17.5 Å². The van der Waals surface area contributed by atoms with Gasteiger partial charge in [-0.2, -0.15) is 5.10 Å². The molecule has 0 saturated heterocycles. The first-order chi connectivity index (χ1) is 11.0. The monoisotopic (exact) mass is 333 g/mol. The fraction of sp³-hybridized carbons (Fsp3) is 0.412. The second-order valence-corrected chi connectivity index (χ2v) is 6.68. The summed E-state index contributed by atoms with van der Waals surface area (Å²) in [5.74, 6) is -0.140. The molecule has 122 valence electrons. The van der Waals surface area contributed by atoms with E-state index in [1.165, 1.54) is 0 Å². The molecule has 0 bridgehead atoms. The van der Waals surface area contributed by atoms with Gasteiger partial charge in [0.25, 0.3) is 5.91 Å². The fourth-order valence-electron chi connectivity index (χ4n) is 3.12. The Balaban J connectivity index is 1.73. The molecule has 0 radical (unpaired) electrons. The standard InChI is InChI=1S/C17H20ClN3O2/c1-20(12-17(23)7-2-3-8-17)16(22)13-10-19-21(11-13)15-6-4-5-14(18)9-15/h4-6,9-11,23H,2-3,7-8,12H2,1H3. The number of rotatable bonds is 4. The molecule has 23 heavy (non-hydrogen) atoms. The Bertz CT molecular complexity index is 707. The number of hydrogen-bond acceptors (Lipinski definition) is 3. The van der Waals surface area contributed by atoms with Crippen LogP contribution >= 0.6 is 11.6 Å². The Morgan fingerprint density at radius 2 is 2.17 bits per heavy atom. The summed E-state index contributed by atoms with van der Waals surface area (Å²) >= 11 is 5.98. The van der Waals surface area contributed by atoms with Crippen LogP contribution in [0.2, 0.25) is 5.02 Å². The molecule has 1 aromatic heterocycles. The minimum absolute atomic E-state index is 0.140. The Hall–Kier alpha value is -1.85. The Morgan fingerprint density at radius 3 is 2.87 bits per heavy atom. The molecule has 1 amide bonds. The van der Waals surface area contributed by atoms with Crippen molar-refractivity contribution in [3.63, 3.8) is 0 Å². The van der Waals surface area contributed by atoms with Crippen molar-refractivity contribution in [2.75, 3.05) is 13.6 Å². The number of aliphatic hydroxyl groups is 1. The predicted molar refractivity (Wildman–Crippen MR) is 89.0 cm³/mol. The summed E-state index contributed by atoms with van der Waals surface area (Å²) in [6.45, 7) is 0.355. The van der Waals surface area contributed by atoms with Gasteiger partial charge in [-0.15, -0.1) is 0 Å². The Labute approximate surface area is 140 Å². The second kappa shape index (κ2) is 6.34. The average molecular weight is 334 g/mol. The molecular formula is C17H20ClN3O2. The van der Waals surface area contributed by atoms with E-state index in [0.29, 0.717) is 17.1 Å². The minimum atomic E-state index is -0.743. The van der Waals surface area contributed by atoms with E-state index >= 15 is 0 Å². The largest absolute Gasteiger partial charge is 0.388 e. The molecule has 0 atom stereocenters. The summed E-state index contributed by atoms with van der Waals surface area (Å²) in [6, 6.07) is 7.28. The van der Waals surface area contributed by atoms with Gasteiger partial charge in [-0.05, 0) is 31.0 Å². The highest BCUT2D eigenvalue weighted by molar-refractivity contribution is 6.30. The SMILES string of the molecule is CN(CC1(O)CCCC1)C(=O)c1cnn(-c2cccc(Cl)c2)c1. The van der Waals surface area contributed by atoms with Crippen LogP contribution in [0, 0.1) is 0 Å². The number of aromatic nitrogens is 2. The predicted octanol–water partition coefficient (Wildman–Crippen LogP) is 2.90. The number of amides is 1. The molecule has 0 unspecified atom stereocenters. The van der Waals surface area contributed by atoms with E-state index in [1.807, 2.05) is 12.1 Å². The van der Waals surface area contributed by atoms with Gasteiger partial charge in [0.15, 0.2) is 0 Å². The van der Waals surface area contributed by atoms with Crippen LogP contribution in [0.25, 0.3) is 5.69 Å². The van der Waals surface area contributed by atoms with Crippen molar-refractivity contribution < 1.29 is 9.90 Å². The Morgan fingerprint density at radius 1 is 1.43 bits per heavy atom. The number of nitrogens with zero attached hydrogens (tertiary/aromatic N) is 3. The van der Waals surface area contributed by atoms with E-state index in [1.54, 1.807) is 41.2 Å². The Kier molecular flexibility index (Phi) is 4.41. The summed E-state index contributed by atoms with van der Waals surface area (Å²) in [5.41, 5.74) is 0.551. The molecule has 1 fully saturated rings. The fourth-order valence-corrected chi connectivity index (χ4v) is 3.30. The van der Waals surface area contributed by atoms with Crippen LogP contribution in [-0.4, -0.2) is 44.9 Å². The maximum Gasteiger partial charge on any atom is 0.256 e. The van der Waals surface area contributed by atoms with Gasteiger partial charge in [-0.25, -0.2) is 4.68 Å². The summed E-state index contributed by atoms with van der Waals surface area (Å²) in [4.78, 5) is 14.1. The van der Waals surface area contributed by atoms with Crippen molar-refractivity contribution in [2.45, 2.75) is 31.3 Å². The van der Waals surface area contributed by atoms with Gasteiger partial charge in [0.05, 0.1) is 23.0 Å². The van der Waals surface area contributed by atoms with E-state index < -0.39 is 5.60 Å². The number of halogens is 1. The molecule has 5 nitrogen and oxygen atoms in total. The van der Waals surface area contributed by atoms with Crippen molar-refractivity contribution in [1.82, 2.24) is 14.7 Å². The molecule has 1 saturated carbocycles. The third kappa shape index (κ3) is 3.57. The van der Waals surface area contributed by atoms with Gasteiger partial charge >= 0.3 is 0 Å². The molecule has 1 N–H and O–H groups in total. The van der Waals surface area contributed by atoms with E-state index in [2.05, 4.69) is 5.10 Å². The summed E-state index contributed by atoms with van der Waals surface area (Å²) < 4.78 is 1.62. The van der Waals surface area contributed by atoms with Crippen molar-refractivity contribution in [2.24, 2.45) is 0 Å². The van der Waals surface area contributed by atoms with Gasteiger partial charge in [-0.1, -0.05) is 30.5 Å². The molecule has 1 aliphatic rings. The zero-order chi connectivity index (χ0) is 16.4. The normalized spacial score (nSPS) is 16.5. The summed E-state index contributed by atoms with van der Waals surface area (Å²) in [7, 11) is 1.72. The first-order valence-corrected chi connectivity index (χ1v) is 8.13. The van der Waals surface area contributed by atoms with Crippen LogP contribution in [0.15, 0.2) is 36.7 Å². The summed E-state index contributed by atoms with van der Waals surface area (Å²) in [6.07, 6.45) is 6.77. The lowest BCUT2D eigenvalue weighted by Crippen LogP contribution is -2.41. The van der Waals surface area contributed by atoms with Gasteiger partial charge in [0.1, 0.15) is 0 Å². The molecule has 1 aromatic carbocycles. The zero-order valence-electron chi connectivity index (χ0n) is 13.1. The van der Waals surface area contributed by atoms with Gasteiger partial charge in [0, 0.05) is 24.8 Å². The van der Waals surface area contributed by atoms with Crippen LogP contribution in [0.3, 0.4) is 0 Å². The molecule has 1 aliphatic carbocycles. The zero-order valence-corrected chi connectivity index (χ0v) is 13.8. The first kappa shape index (κ1) is 16.0. The van der Waals surface area contributed by atoms with Gasteiger partial charge < -0.3 is 10.0 Å². The number of carbonyl (C=O) groups excluding carboxylic acids is 1. The first-order valence-electron chi connectivity index (χ1n) is 7.75. The highest BCUT2D eigenvalue weighted by Crippen LogP contribution is 2.30. The average Bonchev–Trinajstić information content (AvgIpc) is 3.16. The maximum atomic E-state index is 12.5. The number of benzene rings is 1. The van der Waals surface area contributed by atoms with Crippen molar-refractivity contribution in [3.8, 4) is 5.69 Å². The lowest BCUT2D eigenvalue weighted by Gasteiger charge is -2.28. The third-order valence-electron chi connectivity index (χ3n) is 4.31. The molecule has 3 rings (SSSR count). The molecule has 6 heteroatoms. The molecule has 1 heterocycles. The number of likely N-dealkylation sites (N-methyl/N-ethyl adjacent to an activating group) is 1. The quantitative estimate of drug-likeness (QED) is 0.936. The van der Waals surface area contributed by atoms with E-state index in [4.69, 9.17) is 11.6 Å². The van der Waals surface area contributed by atoms with E-state index in [9.17, 15) is 9.90 Å². The minimum Gasteiger partial charge on any atom is -0.388 e. The van der Waals surface area contributed by atoms with Gasteiger partial charge in [-0.3, -0.25) is 4.79 Å². The highest BCUT2D eigenvalue weighted by atomic mass is 35.5. The maximum absolute atomic E-state index is 12.5. The van der Waals surface area contributed by atoms with Gasteiger partial charge in [0.2, 0.25) is 0 Å². The lowest BCUT2D eigenvalue weighted by molar-refractivity contribution is 0.0157. The van der Waals surface area contributed by atoms with Crippen molar-refractivity contribution in [3.05, 3.63) is 47.2 Å². The van der Waals surface area contributed by atoms with E-state index in [0.717, 1.165) is 31.4 Å². The topological polar surface area (TPSA) is 58.4 Å². The van der Waals surface area contributed by atoms with Crippen molar-refractivity contribution in [1.29, 1.82) is 0 Å². The number of carbonyl (C=O) groups is 1. The van der Waals surface area contributed by atoms with Crippen LogP contribution in [-0.2, 0) is 0 Å². The highest BCUT2D eigenvalue weighted by Gasteiger charge is 2.33. The molecule has 0 aliphatic heterocycles. The second-order valence-electron chi connectivity index (χ2n) is 6.25. The van der Waals surface area contributed by atoms with Crippen LogP contribution in [0.5, 0.6) is 0 Å². The lowest BCUT2D eigenvalue weighted by atomic mass is 10.0.